The average molecular weight is 336 g/mol. The largest absolute Gasteiger partial charge is 0.361 e. The highest BCUT2D eigenvalue weighted by Gasteiger charge is 2.05. The molecule has 2 N–H and O–H groups in total. The number of nitrogens with zero attached hydrogens (tertiary/aromatic N) is 1. The van der Waals surface area contributed by atoms with Gasteiger partial charge in [0.2, 0.25) is 5.91 Å². The van der Waals surface area contributed by atoms with Gasteiger partial charge in [-0.1, -0.05) is 5.92 Å². The van der Waals surface area contributed by atoms with Crippen molar-refractivity contribution < 1.29 is 9.18 Å². The Hall–Kier alpha value is -2.13. The lowest BCUT2D eigenvalue weighted by molar-refractivity contribution is -0.119. The zero-order chi connectivity index (χ0) is 14.5. The normalized spacial score (nSPS) is 10.1. The lowest BCUT2D eigenvalue weighted by atomic mass is 10.2. The summed E-state index contributed by atoms with van der Waals surface area (Å²) < 4.78 is 13.8. The molecule has 0 fully saturated rings. The molecule has 1 heterocycles. The van der Waals surface area contributed by atoms with Crippen LogP contribution in [-0.2, 0) is 4.79 Å². The van der Waals surface area contributed by atoms with Crippen LogP contribution in [0.15, 0.2) is 28.7 Å². The number of halogens is 2. The molecule has 0 unspecified atom stereocenters. The van der Waals surface area contributed by atoms with E-state index >= 15 is 0 Å². The van der Waals surface area contributed by atoms with Gasteiger partial charge in [0, 0.05) is 11.5 Å². The maximum atomic E-state index is 13.4. The van der Waals surface area contributed by atoms with E-state index in [1.165, 1.54) is 6.07 Å². The van der Waals surface area contributed by atoms with E-state index in [1.54, 1.807) is 18.2 Å². The van der Waals surface area contributed by atoms with Gasteiger partial charge in [-0.05, 0) is 34.1 Å². The van der Waals surface area contributed by atoms with Crippen LogP contribution in [0.3, 0.4) is 0 Å². The third-order valence-corrected chi connectivity index (χ3v) is 3.16. The zero-order valence-electron chi connectivity index (χ0n) is 10.4. The second kappa shape index (κ2) is 6.35. The lowest BCUT2D eigenvalue weighted by Gasteiger charge is -2.07. The minimum absolute atomic E-state index is 0.0548. The first-order valence-corrected chi connectivity index (χ1v) is 6.59. The molecule has 0 atom stereocenters. The summed E-state index contributed by atoms with van der Waals surface area (Å²) in [5.41, 5.74) is 0.514. The number of rotatable bonds is 4. The summed E-state index contributed by atoms with van der Waals surface area (Å²) >= 11 is 3.12. The Morgan fingerprint density at radius 3 is 3.00 bits per heavy atom. The van der Waals surface area contributed by atoms with Crippen LogP contribution in [0.1, 0.15) is 0 Å². The first-order chi connectivity index (χ1) is 9.60. The van der Waals surface area contributed by atoms with Crippen molar-refractivity contribution in [3.8, 4) is 12.3 Å². The molecule has 0 spiro atoms. The molecule has 1 amide bonds. The molecule has 0 aliphatic rings. The molecule has 102 valence electrons. The van der Waals surface area contributed by atoms with E-state index in [-0.39, 0.29) is 24.8 Å². The second-order valence-electron chi connectivity index (χ2n) is 3.99. The fourth-order valence-electron chi connectivity index (χ4n) is 1.60. The van der Waals surface area contributed by atoms with Gasteiger partial charge in [-0.15, -0.1) is 6.42 Å². The van der Waals surface area contributed by atoms with Gasteiger partial charge in [0.25, 0.3) is 0 Å². The van der Waals surface area contributed by atoms with Crippen LogP contribution in [0.4, 0.5) is 10.2 Å². The molecule has 2 aromatic rings. The molecule has 1 aromatic heterocycles. The van der Waals surface area contributed by atoms with Gasteiger partial charge >= 0.3 is 0 Å². The topological polar surface area (TPSA) is 54.0 Å². The van der Waals surface area contributed by atoms with Crippen molar-refractivity contribution in [2.75, 3.05) is 18.4 Å². The van der Waals surface area contributed by atoms with Gasteiger partial charge < -0.3 is 10.6 Å². The minimum atomic E-state index is -0.381. The predicted octanol–water partition coefficient (Wildman–Crippen LogP) is 2.30. The molecule has 20 heavy (non-hydrogen) atoms. The van der Waals surface area contributed by atoms with Crippen LogP contribution in [-0.4, -0.2) is 24.0 Å². The van der Waals surface area contributed by atoms with Gasteiger partial charge in [-0.25, -0.2) is 9.37 Å². The van der Waals surface area contributed by atoms with E-state index in [0.29, 0.717) is 15.8 Å². The van der Waals surface area contributed by atoms with Gasteiger partial charge in [-0.2, -0.15) is 0 Å². The summed E-state index contributed by atoms with van der Waals surface area (Å²) in [5.74, 6) is 2.20. The van der Waals surface area contributed by atoms with Crippen LogP contribution in [0.25, 0.3) is 10.9 Å². The molecule has 0 aliphatic heterocycles. The smallest absolute Gasteiger partial charge is 0.240 e. The molecule has 1 aromatic carbocycles. The molecule has 0 saturated carbocycles. The predicted molar refractivity (Wildman–Crippen MR) is 79.7 cm³/mol. The molecule has 0 saturated heterocycles. The molecule has 4 nitrogen and oxygen atoms in total. The van der Waals surface area contributed by atoms with Crippen molar-refractivity contribution in [3.05, 3.63) is 34.6 Å². The first kappa shape index (κ1) is 14.3. The van der Waals surface area contributed by atoms with Crippen LogP contribution in [0.2, 0.25) is 0 Å². The summed E-state index contributed by atoms with van der Waals surface area (Å²) in [4.78, 5) is 15.6. The number of carbonyl (C=O) groups is 1. The monoisotopic (exact) mass is 335 g/mol. The van der Waals surface area contributed by atoms with E-state index in [2.05, 4.69) is 37.5 Å². The highest BCUT2D eigenvalue weighted by Crippen LogP contribution is 2.23. The summed E-state index contributed by atoms with van der Waals surface area (Å²) in [6, 6.07) is 6.51. The Morgan fingerprint density at radius 2 is 2.25 bits per heavy atom. The Morgan fingerprint density at radius 1 is 1.45 bits per heavy atom. The Labute approximate surface area is 123 Å². The van der Waals surface area contributed by atoms with E-state index in [0.717, 1.165) is 5.39 Å². The quantitative estimate of drug-likeness (QED) is 0.843. The van der Waals surface area contributed by atoms with E-state index in [4.69, 9.17) is 6.42 Å². The number of hydrogen-bond acceptors (Lipinski definition) is 3. The number of aromatic nitrogens is 1. The van der Waals surface area contributed by atoms with Crippen molar-refractivity contribution in [1.29, 1.82) is 0 Å². The number of amides is 1. The maximum Gasteiger partial charge on any atom is 0.240 e. The highest BCUT2D eigenvalue weighted by atomic mass is 79.9. The van der Waals surface area contributed by atoms with Crippen molar-refractivity contribution >= 4 is 38.6 Å². The highest BCUT2D eigenvalue weighted by molar-refractivity contribution is 9.10. The first-order valence-electron chi connectivity index (χ1n) is 5.80. The van der Waals surface area contributed by atoms with Crippen LogP contribution in [0, 0.1) is 18.2 Å². The maximum absolute atomic E-state index is 13.4. The number of carbonyl (C=O) groups excluding carboxylic acids is 1. The van der Waals surface area contributed by atoms with E-state index in [9.17, 15) is 9.18 Å². The molecule has 2 rings (SSSR count). The Bertz CT molecular complexity index is 697. The molecule has 0 bridgehead atoms. The number of pyridine rings is 1. The van der Waals surface area contributed by atoms with Gasteiger partial charge in [0.05, 0.1) is 23.1 Å². The fraction of sp³-hybridized carbons (Fsp3) is 0.143. The number of anilines is 1. The number of hydrogen-bond donors (Lipinski definition) is 2. The summed E-state index contributed by atoms with van der Waals surface area (Å²) in [7, 11) is 0. The van der Waals surface area contributed by atoms with Gasteiger partial charge in [0.1, 0.15) is 11.6 Å². The van der Waals surface area contributed by atoms with Crippen LogP contribution >= 0.6 is 15.9 Å². The standard InChI is InChI=1S/C14H11BrFN3O/c1-2-5-17-14(20)8-18-13-4-3-9-6-10(15)11(16)7-12(9)19-13/h1,3-4,6-7H,5,8H2,(H,17,20)(H,18,19). The second-order valence-corrected chi connectivity index (χ2v) is 4.84. The van der Waals surface area contributed by atoms with E-state index < -0.39 is 0 Å². The third-order valence-electron chi connectivity index (χ3n) is 2.55. The molecule has 6 heteroatoms. The van der Waals surface area contributed by atoms with Gasteiger partial charge in [0.15, 0.2) is 0 Å². The van der Waals surface area contributed by atoms with Gasteiger partial charge in [-0.3, -0.25) is 4.79 Å². The molecule has 0 aliphatic carbocycles. The number of fused-ring (bicyclic) bond motifs is 1. The number of terminal acetylenes is 1. The Kier molecular flexibility index (Phi) is 4.53. The zero-order valence-corrected chi connectivity index (χ0v) is 12.0. The molecular formula is C14H11BrFN3O. The van der Waals surface area contributed by atoms with E-state index in [1.807, 2.05) is 0 Å². The molecular weight excluding hydrogens is 325 g/mol. The average Bonchev–Trinajstić information content (AvgIpc) is 2.44. The summed E-state index contributed by atoms with van der Waals surface area (Å²) in [6.07, 6.45) is 5.04. The Balaban J connectivity index is 2.10. The number of benzene rings is 1. The minimum Gasteiger partial charge on any atom is -0.361 e. The molecule has 0 radical (unpaired) electrons. The van der Waals surface area contributed by atoms with Crippen molar-refractivity contribution in [1.82, 2.24) is 10.3 Å². The van der Waals surface area contributed by atoms with Crippen molar-refractivity contribution in [3.63, 3.8) is 0 Å². The van der Waals surface area contributed by atoms with Crippen molar-refractivity contribution in [2.24, 2.45) is 0 Å². The van der Waals surface area contributed by atoms with Crippen LogP contribution in [0.5, 0.6) is 0 Å². The SMILES string of the molecule is C#CCNC(=O)CNc1ccc2cc(Br)c(F)cc2n1. The third kappa shape index (κ3) is 3.45. The number of nitrogens with one attached hydrogen (secondary N) is 2. The van der Waals surface area contributed by atoms with Crippen LogP contribution < -0.4 is 10.6 Å². The van der Waals surface area contributed by atoms with Crippen molar-refractivity contribution in [2.45, 2.75) is 0 Å². The summed E-state index contributed by atoms with van der Waals surface area (Å²) in [6.45, 7) is 0.240. The fourth-order valence-corrected chi connectivity index (χ4v) is 1.96. The lowest BCUT2D eigenvalue weighted by Crippen LogP contribution is -2.30. The summed E-state index contributed by atoms with van der Waals surface area (Å²) in [5, 5.41) is 6.18.